The van der Waals surface area contributed by atoms with Gasteiger partial charge in [-0.15, -0.1) is 0 Å². The normalized spacial score (nSPS) is 12.4. The molecule has 2 rings (SSSR count). The van der Waals surface area contributed by atoms with Gasteiger partial charge < -0.3 is 11.1 Å². The van der Waals surface area contributed by atoms with Crippen LogP contribution in [0.1, 0.15) is 48.9 Å². The number of aryl methyl sites for hydroxylation is 1. The molecule has 0 fully saturated rings. The van der Waals surface area contributed by atoms with Crippen LogP contribution in [0.2, 0.25) is 0 Å². The highest BCUT2D eigenvalue weighted by Crippen LogP contribution is 2.17. The zero-order chi connectivity index (χ0) is 15.9. The van der Waals surface area contributed by atoms with Gasteiger partial charge in [0.15, 0.2) is 0 Å². The first-order valence-corrected chi connectivity index (χ1v) is 8.63. The van der Waals surface area contributed by atoms with Crippen molar-refractivity contribution in [3.8, 4) is 0 Å². The molecule has 1 unspecified atom stereocenters. The van der Waals surface area contributed by atoms with Crippen molar-refractivity contribution in [3.05, 3.63) is 57.8 Å². The highest BCUT2D eigenvalue weighted by atomic mass is 32.1. The van der Waals surface area contributed by atoms with Crippen LogP contribution in [0.5, 0.6) is 0 Å². The lowest BCUT2D eigenvalue weighted by Gasteiger charge is -2.14. The molecule has 1 amide bonds. The summed E-state index contributed by atoms with van der Waals surface area (Å²) in [7, 11) is 0. The molecule has 1 heterocycles. The maximum absolute atomic E-state index is 11.9. The number of benzene rings is 1. The number of thiophene rings is 1. The Bertz CT molecular complexity index is 576. The summed E-state index contributed by atoms with van der Waals surface area (Å²) in [6.07, 6.45) is 1.30. The summed E-state index contributed by atoms with van der Waals surface area (Å²) in [6, 6.07) is 10.2. The van der Waals surface area contributed by atoms with Crippen molar-refractivity contribution in [3.63, 3.8) is 0 Å². The van der Waals surface area contributed by atoms with Crippen molar-refractivity contribution in [2.24, 2.45) is 5.73 Å². The van der Waals surface area contributed by atoms with Gasteiger partial charge in [-0.3, -0.25) is 4.79 Å². The third-order valence-electron chi connectivity index (χ3n) is 3.77. The molecule has 22 heavy (non-hydrogen) atoms. The number of carbonyl (C=O) groups excluding carboxylic acids is 1. The summed E-state index contributed by atoms with van der Waals surface area (Å²) in [5.41, 5.74) is 9.72. The lowest BCUT2D eigenvalue weighted by molar-refractivity contribution is -0.121. The molecule has 3 N–H and O–H groups in total. The minimum atomic E-state index is -0.161. The highest BCUT2D eigenvalue weighted by Gasteiger charge is 2.09. The fourth-order valence-corrected chi connectivity index (χ4v) is 2.95. The SMILES string of the molecule is CC(C)c1ccc(C(N)CNC(=O)CCc2ccsc2)cc1. The van der Waals surface area contributed by atoms with Gasteiger partial charge in [0.25, 0.3) is 0 Å². The van der Waals surface area contributed by atoms with Gasteiger partial charge in [-0.25, -0.2) is 0 Å². The van der Waals surface area contributed by atoms with Crippen LogP contribution < -0.4 is 11.1 Å². The van der Waals surface area contributed by atoms with E-state index in [0.717, 1.165) is 12.0 Å². The first-order chi connectivity index (χ1) is 10.6. The van der Waals surface area contributed by atoms with Crippen molar-refractivity contribution >= 4 is 17.2 Å². The predicted molar refractivity (Wildman–Crippen MR) is 93.1 cm³/mol. The Labute approximate surface area is 136 Å². The third-order valence-corrected chi connectivity index (χ3v) is 4.50. The fraction of sp³-hybridized carbons (Fsp3) is 0.389. The van der Waals surface area contributed by atoms with Gasteiger partial charge in [-0.2, -0.15) is 11.3 Å². The van der Waals surface area contributed by atoms with Crippen LogP contribution in [0, 0.1) is 0 Å². The first-order valence-electron chi connectivity index (χ1n) is 7.69. The van der Waals surface area contributed by atoms with Crippen molar-refractivity contribution in [2.45, 2.75) is 38.6 Å². The minimum Gasteiger partial charge on any atom is -0.354 e. The lowest BCUT2D eigenvalue weighted by atomic mass is 9.99. The second kappa shape index (κ2) is 8.11. The molecule has 0 saturated carbocycles. The quantitative estimate of drug-likeness (QED) is 0.819. The monoisotopic (exact) mass is 316 g/mol. The average Bonchev–Trinajstić information content (AvgIpc) is 3.04. The first kappa shape index (κ1) is 16.7. The Kier molecular flexibility index (Phi) is 6.16. The highest BCUT2D eigenvalue weighted by molar-refractivity contribution is 7.07. The summed E-state index contributed by atoms with van der Waals surface area (Å²) >= 11 is 1.66. The van der Waals surface area contributed by atoms with E-state index >= 15 is 0 Å². The van der Waals surface area contributed by atoms with Gasteiger partial charge in [0.1, 0.15) is 0 Å². The van der Waals surface area contributed by atoms with Crippen LogP contribution >= 0.6 is 11.3 Å². The maximum atomic E-state index is 11.9. The van der Waals surface area contributed by atoms with Crippen molar-refractivity contribution in [1.82, 2.24) is 5.32 Å². The molecular formula is C18H24N2OS. The van der Waals surface area contributed by atoms with Gasteiger partial charge in [0, 0.05) is 19.0 Å². The second-order valence-electron chi connectivity index (χ2n) is 5.86. The van der Waals surface area contributed by atoms with E-state index in [1.54, 1.807) is 11.3 Å². The second-order valence-corrected chi connectivity index (χ2v) is 6.64. The molecule has 2 aromatic rings. The van der Waals surface area contributed by atoms with Gasteiger partial charge in [0.05, 0.1) is 0 Å². The summed E-state index contributed by atoms with van der Waals surface area (Å²) in [5.74, 6) is 0.572. The molecule has 0 spiro atoms. The number of hydrogen-bond donors (Lipinski definition) is 2. The number of hydrogen-bond acceptors (Lipinski definition) is 3. The van der Waals surface area contributed by atoms with E-state index in [4.69, 9.17) is 5.73 Å². The van der Waals surface area contributed by atoms with Crippen LogP contribution in [-0.2, 0) is 11.2 Å². The zero-order valence-electron chi connectivity index (χ0n) is 13.2. The molecule has 0 aliphatic rings. The molecule has 0 bridgehead atoms. The number of rotatable bonds is 7. The Morgan fingerprint density at radius 2 is 1.86 bits per heavy atom. The molecule has 0 aliphatic carbocycles. The number of amides is 1. The minimum absolute atomic E-state index is 0.0560. The maximum Gasteiger partial charge on any atom is 0.220 e. The van der Waals surface area contributed by atoms with E-state index in [0.29, 0.717) is 18.9 Å². The average molecular weight is 316 g/mol. The number of nitrogens with one attached hydrogen (secondary N) is 1. The molecule has 1 aromatic carbocycles. The Hall–Kier alpha value is -1.65. The van der Waals surface area contributed by atoms with Crippen LogP contribution in [0.4, 0.5) is 0 Å². The van der Waals surface area contributed by atoms with Gasteiger partial charge in [-0.05, 0) is 45.9 Å². The summed E-state index contributed by atoms with van der Waals surface area (Å²) in [5, 5.41) is 7.03. The Morgan fingerprint density at radius 3 is 2.45 bits per heavy atom. The number of carbonyl (C=O) groups is 1. The molecule has 0 radical (unpaired) electrons. The molecule has 0 saturated heterocycles. The van der Waals surface area contributed by atoms with Crippen molar-refractivity contribution in [1.29, 1.82) is 0 Å². The molecule has 0 aliphatic heterocycles. The van der Waals surface area contributed by atoms with E-state index in [1.807, 2.05) is 5.38 Å². The van der Waals surface area contributed by atoms with E-state index in [9.17, 15) is 4.79 Å². The largest absolute Gasteiger partial charge is 0.354 e. The van der Waals surface area contributed by atoms with Gasteiger partial charge in [-0.1, -0.05) is 38.1 Å². The summed E-state index contributed by atoms with van der Waals surface area (Å²) in [6.45, 7) is 4.81. The molecule has 1 atom stereocenters. The van der Waals surface area contributed by atoms with Crippen LogP contribution in [0.25, 0.3) is 0 Å². The van der Waals surface area contributed by atoms with Crippen molar-refractivity contribution in [2.75, 3.05) is 6.54 Å². The van der Waals surface area contributed by atoms with Crippen LogP contribution in [-0.4, -0.2) is 12.5 Å². The molecule has 118 valence electrons. The van der Waals surface area contributed by atoms with Gasteiger partial charge in [0.2, 0.25) is 5.91 Å². The summed E-state index contributed by atoms with van der Waals surface area (Å²) < 4.78 is 0. The third kappa shape index (κ3) is 4.97. The fourth-order valence-electron chi connectivity index (χ4n) is 2.25. The zero-order valence-corrected chi connectivity index (χ0v) is 14.0. The van der Waals surface area contributed by atoms with E-state index in [1.165, 1.54) is 11.1 Å². The van der Waals surface area contributed by atoms with Gasteiger partial charge >= 0.3 is 0 Å². The molecule has 4 heteroatoms. The lowest BCUT2D eigenvalue weighted by Crippen LogP contribution is -2.32. The molecular weight excluding hydrogens is 292 g/mol. The smallest absolute Gasteiger partial charge is 0.220 e. The Balaban J connectivity index is 1.76. The summed E-state index contributed by atoms with van der Waals surface area (Å²) in [4.78, 5) is 11.9. The molecule has 1 aromatic heterocycles. The van der Waals surface area contributed by atoms with E-state index in [-0.39, 0.29) is 11.9 Å². The standard InChI is InChI=1S/C18H24N2OS/c1-13(2)15-4-6-16(7-5-15)17(19)11-20-18(21)8-3-14-9-10-22-12-14/h4-7,9-10,12-13,17H,3,8,11,19H2,1-2H3,(H,20,21). The van der Waals surface area contributed by atoms with Crippen molar-refractivity contribution < 1.29 is 4.79 Å². The van der Waals surface area contributed by atoms with Crippen LogP contribution in [0.3, 0.4) is 0 Å². The Morgan fingerprint density at radius 1 is 1.18 bits per heavy atom. The van der Waals surface area contributed by atoms with E-state index in [2.05, 4.69) is 54.9 Å². The topological polar surface area (TPSA) is 55.1 Å². The predicted octanol–water partition coefficient (Wildman–Crippen LogP) is 3.62. The molecule has 3 nitrogen and oxygen atoms in total. The number of nitrogens with two attached hydrogens (primary N) is 1. The van der Waals surface area contributed by atoms with E-state index < -0.39 is 0 Å². The van der Waals surface area contributed by atoms with Crippen LogP contribution in [0.15, 0.2) is 41.1 Å².